The first-order chi connectivity index (χ1) is 11.7. The molecule has 7 heteroatoms. The molecule has 1 aromatic carbocycles. The molecule has 25 heavy (non-hydrogen) atoms. The van der Waals surface area contributed by atoms with Crippen LogP contribution in [-0.2, 0) is 14.8 Å². The standard InChI is InChI=1S/C18H29BrN2O3S/c1-5-7-8-15(6-2)12-20-18(22)13-21(25(4,23)24)16-9-10-17(19)14(3)11-16/h9-11,15H,5-8,12-13H2,1-4H3,(H,20,22)/t15-/m1/s1. The van der Waals surface area contributed by atoms with Crippen molar-refractivity contribution >= 4 is 37.5 Å². The number of sulfonamides is 1. The summed E-state index contributed by atoms with van der Waals surface area (Å²) in [5.74, 6) is 0.159. The number of amides is 1. The van der Waals surface area contributed by atoms with E-state index in [0.717, 1.165) is 46.3 Å². The smallest absolute Gasteiger partial charge is 0.240 e. The molecule has 1 amide bonds. The number of benzene rings is 1. The summed E-state index contributed by atoms with van der Waals surface area (Å²) in [6.45, 7) is 6.53. The van der Waals surface area contributed by atoms with Gasteiger partial charge < -0.3 is 5.32 Å². The molecule has 0 heterocycles. The zero-order chi connectivity index (χ0) is 19.0. The van der Waals surface area contributed by atoms with Gasteiger partial charge in [-0.2, -0.15) is 0 Å². The third-order valence-electron chi connectivity index (χ3n) is 4.25. The van der Waals surface area contributed by atoms with Gasteiger partial charge in [-0.15, -0.1) is 0 Å². The highest BCUT2D eigenvalue weighted by molar-refractivity contribution is 9.10. The van der Waals surface area contributed by atoms with Crippen LogP contribution in [0.15, 0.2) is 22.7 Å². The van der Waals surface area contributed by atoms with Gasteiger partial charge in [0.05, 0.1) is 11.9 Å². The minimum Gasteiger partial charge on any atom is -0.354 e. The summed E-state index contributed by atoms with van der Waals surface area (Å²) in [6.07, 6.45) is 5.47. The second-order valence-corrected chi connectivity index (χ2v) is 9.18. The molecule has 0 unspecified atom stereocenters. The van der Waals surface area contributed by atoms with Crippen LogP contribution in [-0.4, -0.2) is 33.7 Å². The molecule has 0 fully saturated rings. The van der Waals surface area contributed by atoms with Crippen molar-refractivity contribution < 1.29 is 13.2 Å². The first-order valence-electron chi connectivity index (χ1n) is 8.69. The molecule has 142 valence electrons. The number of aryl methyl sites for hydroxylation is 1. The Morgan fingerprint density at radius 1 is 1.32 bits per heavy atom. The number of hydrogen-bond donors (Lipinski definition) is 1. The zero-order valence-electron chi connectivity index (χ0n) is 15.5. The third kappa shape index (κ3) is 7.36. The molecule has 1 rings (SSSR count). The molecular formula is C18H29BrN2O3S. The van der Waals surface area contributed by atoms with Crippen molar-refractivity contribution in [3.05, 3.63) is 28.2 Å². The summed E-state index contributed by atoms with van der Waals surface area (Å²) >= 11 is 3.40. The fraction of sp³-hybridized carbons (Fsp3) is 0.611. The second kappa shape index (κ2) is 10.2. The summed E-state index contributed by atoms with van der Waals surface area (Å²) in [7, 11) is -3.54. The topological polar surface area (TPSA) is 66.5 Å². The fourth-order valence-corrected chi connectivity index (χ4v) is 3.67. The van der Waals surface area contributed by atoms with Crippen LogP contribution in [0.5, 0.6) is 0 Å². The molecule has 0 bridgehead atoms. The molecule has 0 aliphatic heterocycles. The van der Waals surface area contributed by atoms with Gasteiger partial charge in [-0.05, 0) is 43.0 Å². The predicted octanol–water partition coefficient (Wildman–Crippen LogP) is 3.86. The molecule has 1 aromatic rings. The van der Waals surface area contributed by atoms with Gasteiger partial charge in [0, 0.05) is 11.0 Å². The van der Waals surface area contributed by atoms with Gasteiger partial charge in [-0.1, -0.05) is 49.0 Å². The monoisotopic (exact) mass is 432 g/mol. The van der Waals surface area contributed by atoms with E-state index in [9.17, 15) is 13.2 Å². The lowest BCUT2D eigenvalue weighted by Gasteiger charge is -2.23. The van der Waals surface area contributed by atoms with E-state index in [1.165, 1.54) is 0 Å². The molecule has 0 saturated carbocycles. The van der Waals surface area contributed by atoms with Crippen LogP contribution in [0, 0.1) is 12.8 Å². The molecule has 5 nitrogen and oxygen atoms in total. The van der Waals surface area contributed by atoms with Crippen molar-refractivity contribution in [1.29, 1.82) is 0 Å². The number of hydrogen-bond acceptors (Lipinski definition) is 3. The summed E-state index contributed by atoms with van der Waals surface area (Å²) in [6, 6.07) is 5.24. The van der Waals surface area contributed by atoms with Crippen LogP contribution in [0.25, 0.3) is 0 Å². The Kier molecular flexibility index (Phi) is 8.93. The largest absolute Gasteiger partial charge is 0.354 e. The summed E-state index contributed by atoms with van der Waals surface area (Å²) in [4.78, 5) is 12.3. The SMILES string of the molecule is CCCC[C@@H](CC)CNC(=O)CN(c1ccc(Br)c(C)c1)S(C)(=O)=O. The lowest BCUT2D eigenvalue weighted by Crippen LogP contribution is -2.41. The van der Waals surface area contributed by atoms with Gasteiger partial charge in [-0.25, -0.2) is 8.42 Å². The Labute approximate surface area is 160 Å². The van der Waals surface area contributed by atoms with Crippen LogP contribution in [0.1, 0.15) is 45.1 Å². The number of carbonyl (C=O) groups excluding carboxylic acids is 1. The predicted molar refractivity (Wildman–Crippen MR) is 107 cm³/mol. The molecule has 0 spiro atoms. The van der Waals surface area contributed by atoms with Crippen molar-refractivity contribution in [2.24, 2.45) is 5.92 Å². The Morgan fingerprint density at radius 2 is 2.00 bits per heavy atom. The number of carbonyl (C=O) groups is 1. The molecule has 0 saturated heterocycles. The van der Waals surface area contributed by atoms with E-state index in [1.807, 2.05) is 6.92 Å². The third-order valence-corrected chi connectivity index (χ3v) is 6.28. The van der Waals surface area contributed by atoms with Gasteiger partial charge in [0.25, 0.3) is 0 Å². The van der Waals surface area contributed by atoms with Crippen LogP contribution in [0.4, 0.5) is 5.69 Å². The maximum absolute atomic E-state index is 12.3. The zero-order valence-corrected chi connectivity index (χ0v) is 17.9. The average molecular weight is 433 g/mol. The van der Waals surface area contributed by atoms with Gasteiger partial charge in [0.1, 0.15) is 6.54 Å². The molecule has 0 aromatic heterocycles. The summed E-state index contributed by atoms with van der Waals surface area (Å²) in [5.41, 5.74) is 1.41. The highest BCUT2D eigenvalue weighted by Crippen LogP contribution is 2.24. The lowest BCUT2D eigenvalue weighted by molar-refractivity contribution is -0.119. The van der Waals surface area contributed by atoms with E-state index in [1.54, 1.807) is 18.2 Å². The Morgan fingerprint density at radius 3 is 2.52 bits per heavy atom. The van der Waals surface area contributed by atoms with E-state index < -0.39 is 10.0 Å². The van der Waals surface area contributed by atoms with E-state index in [-0.39, 0.29) is 12.5 Å². The first kappa shape index (κ1) is 22.0. The lowest BCUT2D eigenvalue weighted by atomic mass is 9.99. The molecule has 0 aliphatic carbocycles. The van der Waals surface area contributed by atoms with E-state index in [0.29, 0.717) is 18.2 Å². The van der Waals surface area contributed by atoms with E-state index >= 15 is 0 Å². The van der Waals surface area contributed by atoms with Crippen LogP contribution in [0.2, 0.25) is 0 Å². The Bertz CT molecular complexity index is 677. The first-order valence-corrected chi connectivity index (χ1v) is 11.3. The molecule has 0 radical (unpaired) electrons. The van der Waals surface area contributed by atoms with Crippen LogP contribution >= 0.6 is 15.9 Å². The average Bonchev–Trinajstić information content (AvgIpc) is 2.54. The number of unbranched alkanes of at least 4 members (excludes halogenated alkanes) is 1. The molecular weight excluding hydrogens is 404 g/mol. The Hall–Kier alpha value is -1.08. The summed E-state index contributed by atoms with van der Waals surface area (Å²) < 4.78 is 26.3. The van der Waals surface area contributed by atoms with Crippen molar-refractivity contribution in [2.75, 3.05) is 23.7 Å². The van der Waals surface area contributed by atoms with Gasteiger partial charge in [0.2, 0.25) is 15.9 Å². The van der Waals surface area contributed by atoms with E-state index in [4.69, 9.17) is 0 Å². The maximum Gasteiger partial charge on any atom is 0.240 e. The number of nitrogens with one attached hydrogen (secondary N) is 1. The minimum absolute atomic E-state index is 0.204. The molecule has 1 atom stereocenters. The Balaban J connectivity index is 2.79. The minimum atomic E-state index is -3.54. The number of anilines is 1. The van der Waals surface area contributed by atoms with Gasteiger partial charge in [0.15, 0.2) is 0 Å². The van der Waals surface area contributed by atoms with Gasteiger partial charge >= 0.3 is 0 Å². The number of halogens is 1. The van der Waals surface area contributed by atoms with Gasteiger partial charge in [-0.3, -0.25) is 9.10 Å². The van der Waals surface area contributed by atoms with Crippen molar-refractivity contribution in [3.63, 3.8) is 0 Å². The second-order valence-electron chi connectivity index (χ2n) is 6.42. The van der Waals surface area contributed by atoms with Crippen molar-refractivity contribution in [2.45, 2.75) is 46.5 Å². The molecule has 0 aliphatic rings. The van der Waals surface area contributed by atoms with Crippen LogP contribution in [0.3, 0.4) is 0 Å². The maximum atomic E-state index is 12.3. The normalized spacial score (nSPS) is 12.7. The summed E-state index contributed by atoms with van der Waals surface area (Å²) in [5, 5.41) is 2.89. The van der Waals surface area contributed by atoms with E-state index in [2.05, 4.69) is 35.1 Å². The van der Waals surface area contributed by atoms with Crippen molar-refractivity contribution in [3.8, 4) is 0 Å². The highest BCUT2D eigenvalue weighted by atomic mass is 79.9. The fourth-order valence-electron chi connectivity index (χ4n) is 2.57. The molecule has 1 N–H and O–H groups in total. The quantitative estimate of drug-likeness (QED) is 0.610. The number of rotatable bonds is 10. The highest BCUT2D eigenvalue weighted by Gasteiger charge is 2.21. The number of nitrogens with zero attached hydrogens (tertiary/aromatic N) is 1. The van der Waals surface area contributed by atoms with Crippen molar-refractivity contribution in [1.82, 2.24) is 5.32 Å². The van der Waals surface area contributed by atoms with Crippen LogP contribution < -0.4 is 9.62 Å².